The highest BCUT2D eigenvalue weighted by molar-refractivity contribution is 8.14. The number of benzene rings is 2. The second kappa shape index (κ2) is 9.18. The molecule has 0 unspecified atom stereocenters. The molecule has 7 heteroatoms. The molecule has 0 radical (unpaired) electrons. The van der Waals surface area contributed by atoms with Gasteiger partial charge in [-0.3, -0.25) is 9.69 Å². The van der Waals surface area contributed by atoms with Crippen LogP contribution in [-0.4, -0.2) is 37.3 Å². The van der Waals surface area contributed by atoms with Crippen LogP contribution in [0.1, 0.15) is 36.5 Å². The third-order valence-electron chi connectivity index (χ3n) is 4.71. The van der Waals surface area contributed by atoms with Gasteiger partial charge >= 0.3 is 0 Å². The minimum atomic E-state index is -3.08. The smallest absolute Gasteiger partial charge is 0.266 e. The molecule has 0 spiro atoms. The van der Waals surface area contributed by atoms with E-state index in [1.165, 1.54) is 23.6 Å². The van der Waals surface area contributed by atoms with Crippen molar-refractivity contribution in [3.63, 3.8) is 0 Å². The molecule has 0 aromatic heterocycles. The average Bonchev–Trinajstić information content (AvgIpc) is 2.97. The van der Waals surface area contributed by atoms with Crippen LogP contribution >= 0.6 is 11.8 Å². The van der Waals surface area contributed by atoms with E-state index in [0.717, 1.165) is 16.8 Å². The maximum absolute atomic E-state index is 13.2. The third-order valence-corrected chi connectivity index (χ3v) is 6.86. The summed E-state index contributed by atoms with van der Waals surface area (Å²) in [7, 11) is -3.08. The lowest BCUT2D eigenvalue weighted by Crippen LogP contribution is -2.30. The Morgan fingerprint density at radius 3 is 2.27 bits per heavy atom. The van der Waals surface area contributed by atoms with Crippen molar-refractivity contribution in [3.05, 3.63) is 70.9 Å². The number of carbonyl (C=O) groups is 1. The monoisotopic (exact) mass is 442 g/mol. The molecule has 30 heavy (non-hydrogen) atoms. The Morgan fingerprint density at radius 2 is 1.70 bits per heavy atom. The van der Waals surface area contributed by atoms with E-state index in [1.54, 1.807) is 11.0 Å². The summed E-state index contributed by atoms with van der Waals surface area (Å²) in [4.78, 5) is 19.3. The van der Waals surface area contributed by atoms with Gasteiger partial charge in [0.25, 0.3) is 5.91 Å². The SMILES string of the molecule is Cc1ccc(N2C(=O)/C(=C/c3ccc(C(C)C)cc3)N=C2SCCS(C)(=O)=O)cc1. The highest BCUT2D eigenvalue weighted by Gasteiger charge is 2.32. The number of aryl methyl sites for hydroxylation is 1. The van der Waals surface area contributed by atoms with Crippen LogP contribution in [0.3, 0.4) is 0 Å². The van der Waals surface area contributed by atoms with Gasteiger partial charge in [-0.25, -0.2) is 13.4 Å². The highest BCUT2D eigenvalue weighted by Crippen LogP contribution is 2.30. The van der Waals surface area contributed by atoms with Crippen LogP contribution in [0.2, 0.25) is 0 Å². The molecule has 0 N–H and O–H groups in total. The predicted molar refractivity (Wildman–Crippen MR) is 127 cm³/mol. The number of carbonyl (C=O) groups excluding carboxylic acids is 1. The Hall–Kier alpha value is -2.38. The van der Waals surface area contributed by atoms with Crippen molar-refractivity contribution in [2.45, 2.75) is 26.7 Å². The molecule has 1 aliphatic heterocycles. The topological polar surface area (TPSA) is 66.8 Å². The summed E-state index contributed by atoms with van der Waals surface area (Å²) < 4.78 is 23.0. The molecule has 1 heterocycles. The summed E-state index contributed by atoms with van der Waals surface area (Å²) in [5.41, 5.74) is 4.29. The van der Waals surface area contributed by atoms with Crippen LogP contribution < -0.4 is 4.90 Å². The summed E-state index contributed by atoms with van der Waals surface area (Å²) in [6.45, 7) is 6.26. The number of sulfone groups is 1. The molecule has 2 aromatic carbocycles. The summed E-state index contributed by atoms with van der Waals surface area (Å²) in [5.74, 6) is 0.591. The lowest BCUT2D eigenvalue weighted by molar-refractivity contribution is -0.113. The third kappa shape index (κ3) is 5.61. The molecule has 0 fully saturated rings. The number of rotatable bonds is 6. The van der Waals surface area contributed by atoms with Crippen LogP contribution in [0.25, 0.3) is 6.08 Å². The predicted octanol–water partition coefficient (Wildman–Crippen LogP) is 4.64. The van der Waals surface area contributed by atoms with Gasteiger partial charge in [0.05, 0.1) is 11.4 Å². The van der Waals surface area contributed by atoms with E-state index in [0.29, 0.717) is 22.5 Å². The van der Waals surface area contributed by atoms with Gasteiger partial charge in [0.2, 0.25) is 0 Å². The van der Waals surface area contributed by atoms with Crippen molar-refractivity contribution < 1.29 is 13.2 Å². The Labute approximate surface area is 182 Å². The Kier molecular flexibility index (Phi) is 6.83. The molecule has 5 nitrogen and oxygen atoms in total. The van der Waals surface area contributed by atoms with E-state index in [2.05, 4.69) is 31.0 Å². The molecule has 0 saturated carbocycles. The second-order valence-electron chi connectivity index (χ2n) is 7.70. The fourth-order valence-corrected chi connectivity index (χ4v) is 5.14. The summed E-state index contributed by atoms with van der Waals surface area (Å²) >= 11 is 1.28. The van der Waals surface area contributed by atoms with Gasteiger partial charge in [0.15, 0.2) is 5.17 Å². The van der Waals surface area contributed by atoms with Crippen molar-refractivity contribution in [2.75, 3.05) is 22.7 Å². The first-order valence-corrected chi connectivity index (χ1v) is 12.8. The minimum absolute atomic E-state index is 0.0301. The van der Waals surface area contributed by atoms with Gasteiger partial charge in [0, 0.05) is 12.0 Å². The van der Waals surface area contributed by atoms with E-state index in [4.69, 9.17) is 0 Å². The van der Waals surface area contributed by atoms with E-state index in [-0.39, 0.29) is 11.7 Å². The minimum Gasteiger partial charge on any atom is -0.266 e. The zero-order chi connectivity index (χ0) is 21.9. The van der Waals surface area contributed by atoms with Crippen LogP contribution in [0.4, 0.5) is 5.69 Å². The Bertz CT molecular complexity index is 1080. The highest BCUT2D eigenvalue weighted by atomic mass is 32.2. The average molecular weight is 443 g/mol. The van der Waals surface area contributed by atoms with Gasteiger partial charge in [-0.2, -0.15) is 0 Å². The second-order valence-corrected chi connectivity index (χ2v) is 11.0. The zero-order valence-electron chi connectivity index (χ0n) is 17.6. The van der Waals surface area contributed by atoms with Crippen molar-refractivity contribution >= 4 is 44.4 Å². The van der Waals surface area contributed by atoms with E-state index in [1.807, 2.05) is 43.3 Å². The molecule has 0 bridgehead atoms. The van der Waals surface area contributed by atoms with Crippen molar-refractivity contribution in [2.24, 2.45) is 4.99 Å². The van der Waals surface area contributed by atoms with Crippen molar-refractivity contribution in [1.29, 1.82) is 0 Å². The largest absolute Gasteiger partial charge is 0.283 e. The van der Waals surface area contributed by atoms with Gasteiger partial charge in [0.1, 0.15) is 15.5 Å². The van der Waals surface area contributed by atoms with E-state index < -0.39 is 9.84 Å². The summed E-state index contributed by atoms with van der Waals surface area (Å²) in [6, 6.07) is 15.7. The standard InChI is InChI=1S/C23H26N2O3S2/c1-16(2)19-9-7-18(8-10-19)15-21-22(26)25(20-11-5-17(3)6-12-20)23(24-21)29-13-14-30(4,27)28/h5-12,15-16H,13-14H2,1-4H3/b21-15-. The number of nitrogens with zero attached hydrogens (tertiary/aromatic N) is 2. The van der Waals surface area contributed by atoms with Gasteiger partial charge < -0.3 is 0 Å². The van der Waals surface area contributed by atoms with Gasteiger partial charge in [-0.1, -0.05) is 67.6 Å². The molecule has 1 amide bonds. The molecule has 0 saturated heterocycles. The quantitative estimate of drug-likeness (QED) is 0.611. The maximum atomic E-state index is 13.2. The van der Waals surface area contributed by atoms with Crippen LogP contribution in [-0.2, 0) is 14.6 Å². The molecule has 1 aliphatic rings. The van der Waals surface area contributed by atoms with Gasteiger partial charge in [-0.15, -0.1) is 0 Å². The molecular formula is C23H26N2O3S2. The number of amidine groups is 1. The van der Waals surface area contributed by atoms with Crippen LogP contribution in [0, 0.1) is 6.92 Å². The maximum Gasteiger partial charge on any atom is 0.283 e. The summed E-state index contributed by atoms with van der Waals surface area (Å²) in [6.07, 6.45) is 2.98. The Balaban J connectivity index is 1.91. The fourth-order valence-electron chi connectivity index (χ4n) is 2.93. The van der Waals surface area contributed by atoms with Crippen LogP contribution in [0.5, 0.6) is 0 Å². The first-order chi connectivity index (χ1) is 14.1. The Morgan fingerprint density at radius 1 is 1.07 bits per heavy atom. The molecule has 0 atom stereocenters. The molecule has 2 aromatic rings. The number of hydrogen-bond acceptors (Lipinski definition) is 5. The van der Waals surface area contributed by atoms with E-state index >= 15 is 0 Å². The zero-order valence-corrected chi connectivity index (χ0v) is 19.3. The lowest BCUT2D eigenvalue weighted by atomic mass is 10.0. The first kappa shape index (κ1) is 22.3. The molecule has 3 rings (SSSR count). The first-order valence-electron chi connectivity index (χ1n) is 9.76. The molecule has 158 valence electrons. The molecule has 0 aliphatic carbocycles. The molecular weight excluding hydrogens is 416 g/mol. The van der Waals surface area contributed by atoms with E-state index in [9.17, 15) is 13.2 Å². The van der Waals surface area contributed by atoms with Crippen LogP contribution in [0.15, 0.2) is 59.2 Å². The number of aliphatic imine (C=N–C) groups is 1. The van der Waals surface area contributed by atoms with Gasteiger partial charge in [-0.05, 0) is 42.2 Å². The normalized spacial score (nSPS) is 15.9. The number of anilines is 1. The number of thioether (sulfide) groups is 1. The number of amides is 1. The number of hydrogen-bond donors (Lipinski definition) is 0. The van der Waals surface area contributed by atoms with Crippen molar-refractivity contribution in [3.8, 4) is 0 Å². The lowest BCUT2D eigenvalue weighted by Gasteiger charge is -2.18. The fraction of sp³-hybridized carbons (Fsp3) is 0.304. The van der Waals surface area contributed by atoms with Crippen molar-refractivity contribution in [1.82, 2.24) is 0 Å². The summed E-state index contributed by atoms with van der Waals surface area (Å²) in [5, 5.41) is 0.498.